The number of rotatable bonds is 4. The number of hydrogen-bond donors (Lipinski definition) is 2. The Morgan fingerprint density at radius 3 is 2.68 bits per heavy atom. The molecule has 1 heterocycles. The molecule has 2 N–H and O–H groups in total. The fourth-order valence-electron chi connectivity index (χ4n) is 2.71. The van der Waals surface area contributed by atoms with Gasteiger partial charge in [0, 0.05) is 31.2 Å². The molecule has 1 aromatic rings. The summed E-state index contributed by atoms with van der Waals surface area (Å²) in [6.45, 7) is 2.66. The summed E-state index contributed by atoms with van der Waals surface area (Å²) in [6, 6.07) is 4.29. The molecule has 122 valence electrons. The molecule has 0 aromatic heterocycles. The number of nitrogens with zero attached hydrogens (tertiary/aromatic N) is 1. The van der Waals surface area contributed by atoms with Crippen LogP contribution < -0.4 is 10.0 Å². The number of sulfonamides is 1. The minimum absolute atomic E-state index is 0.144. The molecule has 0 radical (unpaired) electrons. The Hall–Kier alpha value is -1.15. The number of likely N-dealkylation sites (tertiary alicyclic amines) is 1. The summed E-state index contributed by atoms with van der Waals surface area (Å²) >= 11 is 6.00. The maximum absolute atomic E-state index is 12.6. The Morgan fingerprint density at radius 1 is 1.36 bits per heavy atom. The topological polar surface area (TPSA) is 78.5 Å². The molecule has 1 fully saturated rings. The van der Waals surface area contributed by atoms with Gasteiger partial charge in [-0.1, -0.05) is 17.7 Å². The molecule has 22 heavy (non-hydrogen) atoms. The van der Waals surface area contributed by atoms with Crippen molar-refractivity contribution in [3.8, 4) is 0 Å². The van der Waals surface area contributed by atoms with Gasteiger partial charge in [-0.3, -0.25) is 4.79 Å². The second-order valence-electron chi connectivity index (χ2n) is 5.53. The highest BCUT2D eigenvalue weighted by Crippen LogP contribution is 2.24. The van der Waals surface area contributed by atoms with E-state index >= 15 is 0 Å². The minimum Gasteiger partial charge on any atom is -0.359 e. The van der Waals surface area contributed by atoms with Gasteiger partial charge < -0.3 is 10.2 Å². The van der Waals surface area contributed by atoms with Crippen molar-refractivity contribution in [2.45, 2.75) is 17.9 Å². The quantitative estimate of drug-likeness (QED) is 0.837. The molecule has 0 aliphatic carbocycles. The van der Waals surface area contributed by atoms with Crippen LogP contribution in [0.1, 0.15) is 5.56 Å². The van der Waals surface area contributed by atoms with Crippen LogP contribution in [0.25, 0.3) is 0 Å². The highest BCUT2D eigenvalue weighted by molar-refractivity contribution is 7.89. The molecule has 1 aromatic carbocycles. The molecule has 2 rings (SSSR count). The number of carbonyl (C=O) groups excluding carboxylic acids is 1. The van der Waals surface area contributed by atoms with Crippen LogP contribution in [-0.4, -0.2) is 52.5 Å². The molecule has 0 spiro atoms. The fraction of sp³-hybridized carbons (Fsp3) is 0.500. The van der Waals surface area contributed by atoms with Crippen molar-refractivity contribution in [2.24, 2.45) is 5.92 Å². The number of carbonyl (C=O) groups is 1. The maximum Gasteiger partial charge on any atom is 0.241 e. The molecule has 2 atom stereocenters. The highest BCUT2D eigenvalue weighted by atomic mass is 35.5. The predicted molar refractivity (Wildman–Crippen MR) is 85.4 cm³/mol. The number of nitrogens with one attached hydrogen (secondary N) is 2. The van der Waals surface area contributed by atoms with Crippen molar-refractivity contribution in [3.63, 3.8) is 0 Å². The van der Waals surface area contributed by atoms with Crippen molar-refractivity contribution >= 4 is 27.5 Å². The second-order valence-corrected chi connectivity index (χ2v) is 7.62. The van der Waals surface area contributed by atoms with E-state index in [1.165, 1.54) is 6.07 Å². The SMILES string of the molecule is CNC(=O)[C@H]1CN(C)C[C@@H]1NS(=O)(=O)c1cccc(Cl)c1C. The van der Waals surface area contributed by atoms with E-state index in [1.54, 1.807) is 26.1 Å². The van der Waals surface area contributed by atoms with E-state index in [0.29, 0.717) is 23.7 Å². The first-order valence-corrected chi connectivity index (χ1v) is 8.80. The van der Waals surface area contributed by atoms with Crippen LogP contribution in [0.4, 0.5) is 0 Å². The van der Waals surface area contributed by atoms with E-state index in [2.05, 4.69) is 10.0 Å². The lowest BCUT2D eigenvalue weighted by atomic mass is 10.0. The zero-order valence-electron chi connectivity index (χ0n) is 12.8. The Labute approximate surface area is 135 Å². The van der Waals surface area contributed by atoms with Crippen LogP contribution in [0.15, 0.2) is 23.1 Å². The lowest BCUT2D eigenvalue weighted by Crippen LogP contribution is -2.45. The largest absolute Gasteiger partial charge is 0.359 e. The van der Waals surface area contributed by atoms with Gasteiger partial charge in [0.15, 0.2) is 0 Å². The van der Waals surface area contributed by atoms with E-state index in [4.69, 9.17) is 11.6 Å². The maximum atomic E-state index is 12.6. The van der Waals surface area contributed by atoms with E-state index in [-0.39, 0.29) is 10.8 Å². The summed E-state index contributed by atoms with van der Waals surface area (Å²) in [5.41, 5.74) is 0.500. The smallest absolute Gasteiger partial charge is 0.241 e. The van der Waals surface area contributed by atoms with Crippen LogP contribution in [0, 0.1) is 12.8 Å². The third-order valence-electron chi connectivity index (χ3n) is 3.90. The first-order valence-electron chi connectivity index (χ1n) is 6.94. The molecule has 0 bridgehead atoms. The van der Waals surface area contributed by atoms with Gasteiger partial charge in [0.1, 0.15) is 0 Å². The van der Waals surface area contributed by atoms with Crippen molar-refractivity contribution in [2.75, 3.05) is 27.2 Å². The molecule has 1 aliphatic heterocycles. The Balaban J connectivity index is 2.28. The Bertz CT molecular complexity index is 678. The third-order valence-corrected chi connectivity index (χ3v) is 5.94. The fourth-order valence-corrected chi connectivity index (χ4v) is 4.48. The molecule has 8 heteroatoms. The van der Waals surface area contributed by atoms with E-state index in [0.717, 1.165) is 0 Å². The summed E-state index contributed by atoms with van der Waals surface area (Å²) in [7, 11) is -0.331. The van der Waals surface area contributed by atoms with Gasteiger partial charge >= 0.3 is 0 Å². The standard InChI is InChI=1S/C14H20ClN3O3S/c1-9-11(15)5-4-6-13(9)22(20,21)17-12-8-18(3)7-10(12)14(19)16-2/h4-6,10,12,17H,7-8H2,1-3H3,(H,16,19)/t10-,12-/m0/s1. The highest BCUT2D eigenvalue weighted by Gasteiger charge is 2.38. The molecule has 1 amide bonds. The summed E-state index contributed by atoms with van der Waals surface area (Å²) in [4.78, 5) is 14.0. The third kappa shape index (κ3) is 3.43. The molecule has 0 saturated carbocycles. The number of amides is 1. The number of benzene rings is 1. The number of likely N-dealkylation sites (N-methyl/N-ethyl adjacent to an activating group) is 1. The van der Waals surface area contributed by atoms with Crippen LogP contribution in [0.5, 0.6) is 0 Å². The number of halogens is 1. The molecular weight excluding hydrogens is 326 g/mol. The molecule has 6 nitrogen and oxygen atoms in total. The molecular formula is C14H20ClN3O3S. The van der Waals surface area contributed by atoms with Gasteiger partial charge in [0.2, 0.25) is 15.9 Å². The minimum atomic E-state index is -3.74. The van der Waals surface area contributed by atoms with Crippen LogP contribution in [0.3, 0.4) is 0 Å². The lowest BCUT2D eigenvalue weighted by Gasteiger charge is -2.19. The Morgan fingerprint density at radius 2 is 2.05 bits per heavy atom. The van der Waals surface area contributed by atoms with Crippen LogP contribution >= 0.6 is 11.6 Å². The monoisotopic (exact) mass is 345 g/mol. The average Bonchev–Trinajstić information content (AvgIpc) is 2.80. The Kier molecular flexibility index (Phi) is 5.11. The summed E-state index contributed by atoms with van der Waals surface area (Å²) < 4.78 is 27.9. The van der Waals surface area contributed by atoms with E-state index in [9.17, 15) is 13.2 Å². The lowest BCUT2D eigenvalue weighted by molar-refractivity contribution is -0.124. The van der Waals surface area contributed by atoms with E-state index < -0.39 is 22.0 Å². The first kappa shape index (κ1) is 17.2. The van der Waals surface area contributed by atoms with Gasteiger partial charge in [0.25, 0.3) is 0 Å². The van der Waals surface area contributed by atoms with Crippen LogP contribution in [-0.2, 0) is 14.8 Å². The summed E-state index contributed by atoms with van der Waals surface area (Å²) in [5, 5.41) is 2.98. The van der Waals surface area contributed by atoms with Gasteiger partial charge in [0.05, 0.1) is 10.8 Å². The van der Waals surface area contributed by atoms with Gasteiger partial charge in [-0.05, 0) is 31.7 Å². The van der Waals surface area contributed by atoms with Crippen molar-refractivity contribution in [1.29, 1.82) is 0 Å². The van der Waals surface area contributed by atoms with E-state index in [1.807, 2.05) is 11.9 Å². The van der Waals surface area contributed by atoms with Crippen molar-refractivity contribution in [1.82, 2.24) is 14.9 Å². The second kappa shape index (κ2) is 6.54. The first-order chi connectivity index (χ1) is 10.3. The number of hydrogen-bond acceptors (Lipinski definition) is 4. The summed E-state index contributed by atoms with van der Waals surface area (Å²) in [6.07, 6.45) is 0. The molecule has 1 aliphatic rings. The normalized spacial score (nSPS) is 22.7. The van der Waals surface area contributed by atoms with Gasteiger partial charge in [-0.2, -0.15) is 0 Å². The molecule has 0 unspecified atom stereocenters. The predicted octanol–water partition coefficient (Wildman–Crippen LogP) is 0.603. The zero-order valence-corrected chi connectivity index (χ0v) is 14.3. The molecule has 1 saturated heterocycles. The van der Waals surface area contributed by atoms with Gasteiger partial charge in [-0.15, -0.1) is 0 Å². The zero-order chi connectivity index (χ0) is 16.5. The van der Waals surface area contributed by atoms with Gasteiger partial charge in [-0.25, -0.2) is 13.1 Å². The average molecular weight is 346 g/mol. The van der Waals surface area contributed by atoms with Crippen LogP contribution in [0.2, 0.25) is 5.02 Å². The summed E-state index contributed by atoms with van der Waals surface area (Å²) in [5.74, 6) is -0.580. The van der Waals surface area contributed by atoms with Crippen molar-refractivity contribution < 1.29 is 13.2 Å². The van der Waals surface area contributed by atoms with Crippen molar-refractivity contribution in [3.05, 3.63) is 28.8 Å².